The Balaban J connectivity index is 2.13. The number of nitrogens with zero attached hydrogens (tertiary/aromatic N) is 1. The minimum absolute atomic E-state index is 0.0856. The molecule has 3 rings (SSSR count). The second kappa shape index (κ2) is 3.42. The quantitative estimate of drug-likeness (QED) is 0.767. The van der Waals surface area contributed by atoms with Crippen molar-refractivity contribution in [3.63, 3.8) is 0 Å². The van der Waals surface area contributed by atoms with Gasteiger partial charge in [-0.05, 0) is 24.5 Å². The normalized spacial score (nSPS) is 31.9. The van der Waals surface area contributed by atoms with Crippen LogP contribution in [0.15, 0.2) is 29.3 Å². The van der Waals surface area contributed by atoms with Crippen molar-refractivity contribution in [1.29, 1.82) is 0 Å². The van der Waals surface area contributed by atoms with E-state index in [0.29, 0.717) is 0 Å². The summed E-state index contributed by atoms with van der Waals surface area (Å²) in [5, 5.41) is 9.45. The molecule has 16 heavy (non-hydrogen) atoms. The van der Waals surface area contributed by atoms with Crippen LogP contribution in [0.2, 0.25) is 0 Å². The summed E-state index contributed by atoms with van der Waals surface area (Å²) in [5.41, 5.74) is 3.76. The van der Waals surface area contributed by atoms with Crippen molar-refractivity contribution in [2.75, 3.05) is 6.61 Å². The summed E-state index contributed by atoms with van der Waals surface area (Å²) in [7, 11) is 0. The number of para-hydroxylation sites is 1. The minimum atomic E-state index is 0.0856. The minimum Gasteiger partial charge on any atom is -0.396 e. The summed E-state index contributed by atoms with van der Waals surface area (Å²) in [5.74, 6) is 0.270. The highest BCUT2D eigenvalue weighted by Crippen LogP contribution is 2.48. The Morgan fingerprint density at radius 3 is 3.06 bits per heavy atom. The van der Waals surface area contributed by atoms with E-state index in [1.807, 2.05) is 6.07 Å². The van der Waals surface area contributed by atoms with Crippen LogP contribution >= 0.6 is 0 Å². The Morgan fingerprint density at radius 1 is 1.44 bits per heavy atom. The van der Waals surface area contributed by atoms with E-state index in [2.05, 4.69) is 25.1 Å². The van der Waals surface area contributed by atoms with Gasteiger partial charge in [0, 0.05) is 17.0 Å². The fourth-order valence-electron chi connectivity index (χ4n) is 3.25. The molecule has 1 N–H and O–H groups in total. The molecule has 1 aliphatic carbocycles. The van der Waals surface area contributed by atoms with Gasteiger partial charge in [-0.1, -0.05) is 31.5 Å². The molecule has 2 aliphatic rings. The number of hydrogen-bond donors (Lipinski definition) is 1. The van der Waals surface area contributed by atoms with Crippen LogP contribution in [0.25, 0.3) is 0 Å². The topological polar surface area (TPSA) is 32.6 Å². The Kier molecular flexibility index (Phi) is 2.15. The summed E-state index contributed by atoms with van der Waals surface area (Å²) < 4.78 is 0. The van der Waals surface area contributed by atoms with Crippen molar-refractivity contribution >= 4 is 11.4 Å². The highest BCUT2D eigenvalue weighted by molar-refractivity contribution is 6.03. The lowest BCUT2D eigenvalue weighted by atomic mass is 9.67. The molecule has 2 heteroatoms. The third-order valence-electron chi connectivity index (χ3n) is 4.14. The second-order valence-corrected chi connectivity index (χ2v) is 5.12. The van der Waals surface area contributed by atoms with E-state index in [9.17, 15) is 5.11 Å². The number of aliphatic hydroxyl groups excluding tert-OH is 1. The zero-order chi connectivity index (χ0) is 11.2. The zero-order valence-electron chi connectivity index (χ0n) is 9.61. The maximum Gasteiger partial charge on any atom is 0.0670 e. The van der Waals surface area contributed by atoms with E-state index >= 15 is 0 Å². The zero-order valence-corrected chi connectivity index (χ0v) is 9.61. The van der Waals surface area contributed by atoms with Gasteiger partial charge in [-0.15, -0.1) is 0 Å². The van der Waals surface area contributed by atoms with E-state index in [1.54, 1.807) is 0 Å². The number of rotatable bonds is 1. The average molecular weight is 215 g/mol. The van der Waals surface area contributed by atoms with Crippen molar-refractivity contribution in [1.82, 2.24) is 0 Å². The predicted molar refractivity (Wildman–Crippen MR) is 65.3 cm³/mol. The summed E-state index contributed by atoms with van der Waals surface area (Å²) in [6.07, 6.45) is 3.44. The summed E-state index contributed by atoms with van der Waals surface area (Å²) in [4.78, 5) is 4.75. The van der Waals surface area contributed by atoms with Crippen molar-refractivity contribution in [2.45, 2.75) is 31.6 Å². The third kappa shape index (κ3) is 1.20. The fourth-order valence-corrected chi connectivity index (χ4v) is 3.25. The molecule has 1 fully saturated rings. The maximum atomic E-state index is 9.45. The molecule has 1 aliphatic heterocycles. The molecule has 2 nitrogen and oxygen atoms in total. The molecular weight excluding hydrogens is 198 g/mol. The Bertz CT molecular complexity index is 452. The summed E-state index contributed by atoms with van der Waals surface area (Å²) in [6, 6.07) is 8.40. The van der Waals surface area contributed by atoms with Crippen LogP contribution in [0.1, 0.15) is 31.7 Å². The lowest BCUT2D eigenvalue weighted by molar-refractivity contribution is 0.237. The van der Waals surface area contributed by atoms with E-state index in [0.717, 1.165) is 12.1 Å². The molecule has 2 atom stereocenters. The number of fused-ring (bicyclic) bond motifs is 3. The number of benzene rings is 1. The van der Waals surface area contributed by atoms with Gasteiger partial charge in [0.1, 0.15) is 0 Å². The molecule has 1 heterocycles. The van der Waals surface area contributed by atoms with Gasteiger partial charge in [0.25, 0.3) is 0 Å². The Morgan fingerprint density at radius 2 is 2.25 bits per heavy atom. The number of aliphatic hydroxyl groups is 1. The van der Waals surface area contributed by atoms with E-state index in [-0.39, 0.29) is 17.9 Å². The van der Waals surface area contributed by atoms with Crippen molar-refractivity contribution in [3.8, 4) is 0 Å². The summed E-state index contributed by atoms with van der Waals surface area (Å²) >= 11 is 0. The van der Waals surface area contributed by atoms with E-state index < -0.39 is 0 Å². The van der Waals surface area contributed by atoms with E-state index in [4.69, 9.17) is 4.99 Å². The van der Waals surface area contributed by atoms with Gasteiger partial charge in [0.15, 0.2) is 0 Å². The van der Waals surface area contributed by atoms with Gasteiger partial charge in [-0.25, -0.2) is 0 Å². The first-order chi connectivity index (χ1) is 7.75. The van der Waals surface area contributed by atoms with Gasteiger partial charge in [0.05, 0.1) is 12.3 Å². The molecule has 0 saturated heterocycles. The lowest BCUT2D eigenvalue weighted by Gasteiger charge is -2.36. The Labute approximate surface area is 96.0 Å². The highest BCUT2D eigenvalue weighted by Gasteiger charge is 2.44. The first kappa shape index (κ1) is 10.0. The van der Waals surface area contributed by atoms with Crippen molar-refractivity contribution in [2.24, 2.45) is 10.9 Å². The summed E-state index contributed by atoms with van der Waals surface area (Å²) in [6.45, 7) is 2.52. The molecule has 0 radical (unpaired) electrons. The first-order valence-corrected chi connectivity index (χ1v) is 6.05. The van der Waals surface area contributed by atoms with Crippen molar-refractivity contribution in [3.05, 3.63) is 29.8 Å². The molecular formula is C14H17NO. The smallest absolute Gasteiger partial charge is 0.0670 e. The molecule has 1 aromatic rings. The molecule has 0 spiro atoms. The van der Waals surface area contributed by atoms with Crippen LogP contribution < -0.4 is 0 Å². The monoisotopic (exact) mass is 215 g/mol. The van der Waals surface area contributed by atoms with Gasteiger partial charge in [0.2, 0.25) is 0 Å². The van der Waals surface area contributed by atoms with Crippen LogP contribution in [-0.2, 0) is 5.41 Å². The number of aliphatic imine (C=N–C) groups is 1. The van der Waals surface area contributed by atoms with Crippen LogP contribution in [0.5, 0.6) is 0 Å². The molecule has 0 aromatic heterocycles. The average Bonchev–Trinajstić information content (AvgIpc) is 2.62. The molecule has 1 aromatic carbocycles. The largest absolute Gasteiger partial charge is 0.396 e. The van der Waals surface area contributed by atoms with Crippen LogP contribution in [-0.4, -0.2) is 17.4 Å². The standard InChI is InChI=1S/C14H17NO/c1-14-8-4-5-10(9-16)13(14)15-12-7-3-2-6-11(12)14/h2-3,6-7,10,16H,4-5,8-9H2,1H3. The van der Waals surface area contributed by atoms with Gasteiger partial charge in [-0.3, -0.25) is 4.99 Å². The van der Waals surface area contributed by atoms with Gasteiger partial charge >= 0.3 is 0 Å². The number of hydrogen-bond acceptors (Lipinski definition) is 2. The lowest BCUT2D eigenvalue weighted by Crippen LogP contribution is -2.40. The fraction of sp³-hybridized carbons (Fsp3) is 0.500. The second-order valence-electron chi connectivity index (χ2n) is 5.12. The predicted octanol–water partition coefficient (Wildman–Crippen LogP) is 2.82. The van der Waals surface area contributed by atoms with Crippen LogP contribution in [0.3, 0.4) is 0 Å². The molecule has 2 unspecified atom stereocenters. The molecule has 0 bridgehead atoms. The van der Waals surface area contributed by atoms with Crippen molar-refractivity contribution < 1.29 is 5.11 Å². The highest BCUT2D eigenvalue weighted by atomic mass is 16.3. The third-order valence-corrected chi connectivity index (χ3v) is 4.14. The van der Waals surface area contributed by atoms with E-state index in [1.165, 1.54) is 24.1 Å². The Hall–Kier alpha value is -1.15. The first-order valence-electron chi connectivity index (χ1n) is 6.05. The van der Waals surface area contributed by atoms with Gasteiger partial charge in [-0.2, -0.15) is 0 Å². The molecule has 1 saturated carbocycles. The van der Waals surface area contributed by atoms with Gasteiger partial charge < -0.3 is 5.11 Å². The molecule has 84 valence electrons. The molecule has 0 amide bonds. The maximum absolute atomic E-state index is 9.45. The van der Waals surface area contributed by atoms with Crippen LogP contribution in [0.4, 0.5) is 5.69 Å². The van der Waals surface area contributed by atoms with Crippen LogP contribution in [0, 0.1) is 5.92 Å². The SMILES string of the molecule is CC12CCCC(CO)C1=Nc1ccccc12.